The van der Waals surface area contributed by atoms with Crippen molar-refractivity contribution in [2.75, 3.05) is 5.32 Å². The zero-order chi connectivity index (χ0) is 29.1. The van der Waals surface area contributed by atoms with Crippen LogP contribution in [-0.4, -0.2) is 44.3 Å². The van der Waals surface area contributed by atoms with Crippen LogP contribution in [0.15, 0.2) is 46.4 Å². The van der Waals surface area contributed by atoms with Crippen molar-refractivity contribution in [2.24, 2.45) is 7.05 Å². The Kier molecular flexibility index (Phi) is 6.40. The van der Waals surface area contributed by atoms with Gasteiger partial charge in [0.2, 0.25) is 5.95 Å². The van der Waals surface area contributed by atoms with Crippen molar-refractivity contribution in [1.82, 2.24) is 38.7 Å². The van der Waals surface area contributed by atoms with Gasteiger partial charge in [-0.05, 0) is 31.0 Å². The molecular formula is C25H20ClF4N9O2. The van der Waals surface area contributed by atoms with Crippen LogP contribution >= 0.6 is 11.6 Å². The minimum Gasteiger partial charge on any atom is -0.324 e. The molecule has 3 heterocycles. The van der Waals surface area contributed by atoms with E-state index < -0.39 is 41.0 Å². The van der Waals surface area contributed by atoms with Gasteiger partial charge in [-0.2, -0.15) is 15.2 Å². The Bertz CT molecular complexity index is 1940. The van der Waals surface area contributed by atoms with Gasteiger partial charge in [0.05, 0.1) is 42.1 Å². The number of halogens is 5. The van der Waals surface area contributed by atoms with Gasteiger partial charge in [-0.15, -0.1) is 0 Å². The minimum absolute atomic E-state index is 0.0733. The highest BCUT2D eigenvalue weighted by molar-refractivity contribution is 6.34. The maximum atomic E-state index is 14.6. The number of hydrogen-bond donors (Lipinski definition) is 1. The van der Waals surface area contributed by atoms with Gasteiger partial charge in [0.1, 0.15) is 17.8 Å². The quantitative estimate of drug-likeness (QED) is 0.218. The average molecular weight is 590 g/mol. The Hall–Kier alpha value is -4.53. The Morgan fingerprint density at radius 1 is 1.02 bits per heavy atom. The highest BCUT2D eigenvalue weighted by Crippen LogP contribution is 2.42. The van der Waals surface area contributed by atoms with Crippen molar-refractivity contribution in [3.8, 4) is 0 Å². The van der Waals surface area contributed by atoms with E-state index in [2.05, 4.69) is 25.5 Å². The van der Waals surface area contributed by atoms with E-state index in [-0.39, 0.29) is 41.1 Å². The second kappa shape index (κ2) is 9.83. The van der Waals surface area contributed by atoms with Crippen molar-refractivity contribution in [3.63, 3.8) is 0 Å². The van der Waals surface area contributed by atoms with Crippen molar-refractivity contribution in [3.05, 3.63) is 91.6 Å². The Labute approximate surface area is 232 Å². The smallest absolute Gasteiger partial charge is 0.324 e. The largest absolute Gasteiger partial charge is 0.355 e. The second-order valence-corrected chi connectivity index (χ2v) is 10.2. The molecule has 1 fully saturated rings. The van der Waals surface area contributed by atoms with E-state index in [1.807, 2.05) is 0 Å². The molecule has 1 saturated carbocycles. The van der Waals surface area contributed by atoms with Crippen LogP contribution in [0, 0.1) is 17.5 Å². The third-order valence-electron chi connectivity index (χ3n) is 6.72. The molecule has 3 aromatic heterocycles. The lowest BCUT2D eigenvalue weighted by Gasteiger charge is -2.16. The van der Waals surface area contributed by atoms with E-state index in [1.165, 1.54) is 21.9 Å². The lowest BCUT2D eigenvalue weighted by Crippen LogP contribution is -2.43. The highest BCUT2D eigenvalue weighted by Gasteiger charge is 2.44. The third-order valence-corrected chi connectivity index (χ3v) is 7.03. The van der Waals surface area contributed by atoms with E-state index in [4.69, 9.17) is 11.6 Å². The number of hydrogen-bond acceptors (Lipinski definition) is 7. The summed E-state index contributed by atoms with van der Waals surface area (Å²) in [7, 11) is 1.60. The van der Waals surface area contributed by atoms with Crippen LogP contribution in [0.25, 0.3) is 10.9 Å². The summed E-state index contributed by atoms with van der Waals surface area (Å²) >= 11 is 6.50. The van der Waals surface area contributed by atoms with Crippen molar-refractivity contribution >= 4 is 34.1 Å². The molecule has 5 aromatic rings. The number of nitrogens with zero attached hydrogens (tertiary/aromatic N) is 8. The van der Waals surface area contributed by atoms with Gasteiger partial charge < -0.3 is 5.32 Å². The summed E-state index contributed by atoms with van der Waals surface area (Å²) in [6.07, 6.45) is 3.78. The molecule has 2 aromatic carbocycles. The average Bonchev–Trinajstić information content (AvgIpc) is 3.30. The van der Waals surface area contributed by atoms with Gasteiger partial charge in [0.15, 0.2) is 17.5 Å². The zero-order valence-corrected chi connectivity index (χ0v) is 22.0. The number of fused-ring (bicyclic) bond motifs is 1. The standard InChI is InChI=1S/C25H20ClF4N9O2/c1-36-12-31-21(35-36)10-38-23(40)34-22(37(24(38)41)9-14-4-17(28)18(29)7-16(14)27)33-19-5-13-8-32-39(11-25(30)2-3-25)20(13)6-15(19)26/h4-8,12H,2-3,9-11H2,1H3,(H,33,34,40). The fourth-order valence-corrected chi connectivity index (χ4v) is 4.57. The van der Waals surface area contributed by atoms with Crippen LogP contribution in [-0.2, 0) is 26.7 Å². The normalized spacial score (nSPS) is 14.1. The Morgan fingerprint density at radius 3 is 2.49 bits per heavy atom. The van der Waals surface area contributed by atoms with Gasteiger partial charge in [-0.25, -0.2) is 36.7 Å². The molecule has 16 heteroatoms. The summed E-state index contributed by atoms with van der Waals surface area (Å²) in [5.41, 5.74) is -2.83. The predicted molar refractivity (Wildman–Crippen MR) is 139 cm³/mol. The zero-order valence-electron chi connectivity index (χ0n) is 21.3. The molecule has 0 atom stereocenters. The molecule has 1 aliphatic rings. The second-order valence-electron chi connectivity index (χ2n) is 9.83. The third kappa shape index (κ3) is 5.19. The molecule has 1 N–H and O–H groups in total. The highest BCUT2D eigenvalue weighted by atomic mass is 35.5. The van der Waals surface area contributed by atoms with Crippen LogP contribution in [0.3, 0.4) is 0 Å². The number of benzene rings is 2. The first kappa shape index (κ1) is 26.7. The summed E-state index contributed by atoms with van der Waals surface area (Å²) in [5, 5.41) is 11.8. The van der Waals surface area contributed by atoms with Crippen LogP contribution in [0.5, 0.6) is 0 Å². The molecule has 0 aliphatic heterocycles. The molecule has 0 radical (unpaired) electrons. The van der Waals surface area contributed by atoms with Crippen molar-refractivity contribution < 1.29 is 17.6 Å². The number of nitrogens with one attached hydrogen (secondary N) is 1. The molecule has 1 aliphatic carbocycles. The monoisotopic (exact) mass is 589 g/mol. The lowest BCUT2D eigenvalue weighted by molar-refractivity contribution is 0.264. The van der Waals surface area contributed by atoms with E-state index in [0.29, 0.717) is 35.9 Å². The van der Waals surface area contributed by atoms with Gasteiger partial charge in [0, 0.05) is 24.1 Å². The number of rotatable bonds is 8. The summed E-state index contributed by atoms with van der Waals surface area (Å²) < 4.78 is 60.9. The summed E-state index contributed by atoms with van der Waals surface area (Å²) in [6.45, 7) is -0.901. The molecule has 0 bridgehead atoms. The van der Waals surface area contributed by atoms with E-state index in [0.717, 1.165) is 9.13 Å². The van der Waals surface area contributed by atoms with Crippen LogP contribution in [0.2, 0.25) is 5.02 Å². The minimum atomic E-state index is -1.40. The van der Waals surface area contributed by atoms with E-state index in [9.17, 15) is 27.2 Å². The SMILES string of the molecule is Cn1cnc(Cn2c(=O)nc(Nc3cc4cnn(CC5(F)CC5)c4cc3Cl)n(Cc3cc(F)c(F)cc3F)c2=O)n1. The topological polar surface area (TPSA) is 117 Å². The summed E-state index contributed by atoms with van der Waals surface area (Å²) in [6, 6.07) is 4.08. The van der Waals surface area contributed by atoms with Crippen LogP contribution in [0.4, 0.5) is 29.2 Å². The van der Waals surface area contributed by atoms with Crippen LogP contribution in [0.1, 0.15) is 24.2 Å². The molecular weight excluding hydrogens is 570 g/mol. The van der Waals surface area contributed by atoms with E-state index >= 15 is 0 Å². The van der Waals surface area contributed by atoms with E-state index in [1.54, 1.807) is 19.2 Å². The lowest BCUT2D eigenvalue weighted by atomic mass is 10.2. The Morgan fingerprint density at radius 2 is 1.78 bits per heavy atom. The van der Waals surface area contributed by atoms with Crippen molar-refractivity contribution in [1.29, 1.82) is 0 Å². The van der Waals surface area contributed by atoms with Crippen molar-refractivity contribution in [2.45, 2.75) is 38.1 Å². The maximum Gasteiger partial charge on any atom is 0.355 e. The Balaban J connectivity index is 1.43. The molecule has 0 spiro atoms. The molecule has 41 heavy (non-hydrogen) atoms. The maximum absolute atomic E-state index is 14.6. The molecule has 0 saturated heterocycles. The van der Waals surface area contributed by atoms with Gasteiger partial charge >= 0.3 is 11.4 Å². The molecule has 0 unspecified atom stereocenters. The molecule has 11 nitrogen and oxygen atoms in total. The molecule has 6 rings (SSSR count). The fraction of sp³-hybridized carbons (Fsp3) is 0.280. The van der Waals surface area contributed by atoms with Gasteiger partial charge in [-0.3, -0.25) is 13.9 Å². The van der Waals surface area contributed by atoms with Crippen LogP contribution < -0.4 is 16.7 Å². The summed E-state index contributed by atoms with van der Waals surface area (Å²) in [4.78, 5) is 34.4. The molecule has 212 valence electrons. The molecule has 0 amide bonds. The van der Waals surface area contributed by atoms with Gasteiger partial charge in [0.25, 0.3) is 0 Å². The summed E-state index contributed by atoms with van der Waals surface area (Å²) in [5.74, 6) is -4.05. The van der Waals surface area contributed by atoms with Gasteiger partial charge in [-0.1, -0.05) is 11.6 Å². The first-order chi connectivity index (χ1) is 19.5. The fourth-order valence-electron chi connectivity index (χ4n) is 4.36. The number of aryl methyl sites for hydroxylation is 1. The number of anilines is 2. The first-order valence-corrected chi connectivity index (χ1v) is 12.7. The first-order valence-electron chi connectivity index (χ1n) is 12.3. The number of alkyl halides is 1. The predicted octanol–water partition coefficient (Wildman–Crippen LogP) is 3.30. The number of aromatic nitrogens is 8.